The summed E-state index contributed by atoms with van der Waals surface area (Å²) in [6.07, 6.45) is 2.97. The molecule has 0 bridgehead atoms. The Kier molecular flexibility index (Phi) is 3.92. The summed E-state index contributed by atoms with van der Waals surface area (Å²) in [5.74, 6) is -0.541. The van der Waals surface area contributed by atoms with Crippen molar-refractivity contribution in [1.82, 2.24) is 9.88 Å². The van der Waals surface area contributed by atoms with Crippen LogP contribution in [0, 0.1) is 5.41 Å². The maximum Gasteiger partial charge on any atom is 0.311 e. The van der Waals surface area contributed by atoms with Crippen LogP contribution in [0.5, 0.6) is 5.75 Å². The van der Waals surface area contributed by atoms with Gasteiger partial charge in [-0.2, -0.15) is 0 Å². The Hall–Kier alpha value is -2.11. The highest BCUT2D eigenvalue weighted by atomic mass is 16.5. The van der Waals surface area contributed by atoms with Crippen LogP contribution in [0.1, 0.15) is 20.3 Å². The SMILES string of the molecule is CC(Oc1cccnc1)C(=O)N1CCC(C)(C(=O)O)C1. The van der Waals surface area contributed by atoms with Gasteiger partial charge < -0.3 is 14.7 Å². The third-order valence-electron chi connectivity index (χ3n) is 3.60. The number of carbonyl (C=O) groups excluding carboxylic acids is 1. The first-order valence-corrected chi connectivity index (χ1v) is 6.51. The van der Waals surface area contributed by atoms with Gasteiger partial charge in [0.25, 0.3) is 5.91 Å². The van der Waals surface area contributed by atoms with E-state index in [1.165, 1.54) is 6.20 Å². The Bertz CT molecular complexity index is 505. The molecule has 1 aromatic rings. The minimum absolute atomic E-state index is 0.196. The molecule has 2 unspecified atom stereocenters. The van der Waals surface area contributed by atoms with E-state index in [0.717, 1.165) is 0 Å². The van der Waals surface area contributed by atoms with E-state index in [1.807, 2.05) is 0 Å². The van der Waals surface area contributed by atoms with E-state index in [4.69, 9.17) is 9.84 Å². The lowest BCUT2D eigenvalue weighted by Crippen LogP contribution is -2.41. The van der Waals surface area contributed by atoms with E-state index in [1.54, 1.807) is 37.1 Å². The average Bonchev–Trinajstić information content (AvgIpc) is 2.83. The second kappa shape index (κ2) is 5.48. The third kappa shape index (κ3) is 2.89. The molecule has 1 aliphatic heterocycles. The Morgan fingerprint density at radius 1 is 1.55 bits per heavy atom. The van der Waals surface area contributed by atoms with Crippen molar-refractivity contribution in [3.8, 4) is 5.75 Å². The number of aliphatic carboxylic acids is 1. The van der Waals surface area contributed by atoms with Crippen LogP contribution in [-0.4, -0.2) is 46.1 Å². The van der Waals surface area contributed by atoms with E-state index in [-0.39, 0.29) is 12.5 Å². The zero-order valence-corrected chi connectivity index (χ0v) is 11.6. The molecule has 0 aromatic carbocycles. The van der Waals surface area contributed by atoms with Crippen molar-refractivity contribution in [1.29, 1.82) is 0 Å². The second-order valence-electron chi connectivity index (χ2n) is 5.32. The number of rotatable bonds is 4. The summed E-state index contributed by atoms with van der Waals surface area (Å²) >= 11 is 0. The van der Waals surface area contributed by atoms with Gasteiger partial charge in [-0.15, -0.1) is 0 Å². The number of carboxylic acid groups (broad SMARTS) is 1. The van der Waals surface area contributed by atoms with Crippen LogP contribution in [-0.2, 0) is 9.59 Å². The normalized spacial score (nSPS) is 23.4. The number of hydrogen-bond donors (Lipinski definition) is 1. The highest BCUT2D eigenvalue weighted by Crippen LogP contribution is 2.30. The predicted octanol–water partition coefficient (Wildman–Crippen LogP) is 1.17. The lowest BCUT2D eigenvalue weighted by atomic mass is 9.90. The number of hydrogen-bond acceptors (Lipinski definition) is 4. The van der Waals surface area contributed by atoms with Crippen LogP contribution in [0.4, 0.5) is 0 Å². The molecule has 1 N–H and O–H groups in total. The molecular formula is C14H18N2O4. The number of carbonyl (C=O) groups is 2. The molecule has 0 radical (unpaired) electrons. The Labute approximate surface area is 117 Å². The highest BCUT2D eigenvalue weighted by Gasteiger charge is 2.43. The Balaban J connectivity index is 1.97. The van der Waals surface area contributed by atoms with Gasteiger partial charge in [0, 0.05) is 19.3 Å². The third-order valence-corrected chi connectivity index (χ3v) is 3.60. The molecule has 2 atom stereocenters. The summed E-state index contributed by atoms with van der Waals surface area (Å²) in [4.78, 5) is 28.9. The van der Waals surface area contributed by atoms with Gasteiger partial charge in [0.1, 0.15) is 5.75 Å². The van der Waals surface area contributed by atoms with Crippen molar-refractivity contribution in [3.63, 3.8) is 0 Å². The van der Waals surface area contributed by atoms with Crippen molar-refractivity contribution < 1.29 is 19.4 Å². The molecule has 1 aliphatic rings. The smallest absolute Gasteiger partial charge is 0.311 e. The fraction of sp³-hybridized carbons (Fsp3) is 0.500. The number of carboxylic acids is 1. The molecule has 2 rings (SSSR count). The summed E-state index contributed by atoms with van der Waals surface area (Å²) in [7, 11) is 0. The molecular weight excluding hydrogens is 260 g/mol. The molecule has 1 aromatic heterocycles. The van der Waals surface area contributed by atoms with Gasteiger partial charge in [-0.3, -0.25) is 14.6 Å². The van der Waals surface area contributed by atoms with Gasteiger partial charge in [0.05, 0.1) is 11.6 Å². The first-order valence-electron chi connectivity index (χ1n) is 6.51. The summed E-state index contributed by atoms with van der Waals surface area (Å²) in [5.41, 5.74) is -0.857. The first-order chi connectivity index (χ1) is 9.42. The van der Waals surface area contributed by atoms with Crippen molar-refractivity contribution >= 4 is 11.9 Å². The molecule has 1 saturated heterocycles. The van der Waals surface area contributed by atoms with E-state index >= 15 is 0 Å². The summed E-state index contributed by atoms with van der Waals surface area (Å²) in [6.45, 7) is 3.99. The molecule has 108 valence electrons. The zero-order chi connectivity index (χ0) is 14.8. The number of amides is 1. The molecule has 0 saturated carbocycles. The molecule has 0 spiro atoms. The van der Waals surface area contributed by atoms with Crippen molar-refractivity contribution in [2.75, 3.05) is 13.1 Å². The maximum atomic E-state index is 12.2. The monoisotopic (exact) mass is 278 g/mol. The largest absolute Gasteiger partial charge is 0.481 e. The molecule has 20 heavy (non-hydrogen) atoms. The molecule has 6 nitrogen and oxygen atoms in total. The standard InChI is InChI=1S/C14H18N2O4/c1-10(20-11-4-3-6-15-8-11)12(17)16-7-5-14(2,9-16)13(18)19/h3-4,6,8,10H,5,7,9H2,1-2H3,(H,18,19). The fourth-order valence-corrected chi connectivity index (χ4v) is 2.25. The van der Waals surface area contributed by atoms with Gasteiger partial charge in [-0.25, -0.2) is 0 Å². The number of aromatic nitrogens is 1. The van der Waals surface area contributed by atoms with E-state index in [2.05, 4.69) is 4.98 Å². The Morgan fingerprint density at radius 3 is 2.85 bits per heavy atom. The first kappa shape index (κ1) is 14.3. The van der Waals surface area contributed by atoms with E-state index < -0.39 is 17.5 Å². The maximum absolute atomic E-state index is 12.2. The molecule has 2 heterocycles. The second-order valence-corrected chi connectivity index (χ2v) is 5.32. The predicted molar refractivity (Wildman–Crippen MR) is 71.3 cm³/mol. The minimum atomic E-state index is -0.867. The van der Waals surface area contributed by atoms with Crippen LogP contribution < -0.4 is 4.74 Å². The van der Waals surface area contributed by atoms with Gasteiger partial charge >= 0.3 is 5.97 Å². The Morgan fingerprint density at radius 2 is 2.30 bits per heavy atom. The molecule has 1 amide bonds. The summed E-state index contributed by atoms with van der Waals surface area (Å²) in [5, 5.41) is 9.17. The lowest BCUT2D eigenvalue weighted by Gasteiger charge is -2.23. The van der Waals surface area contributed by atoms with Crippen LogP contribution in [0.15, 0.2) is 24.5 Å². The zero-order valence-electron chi connectivity index (χ0n) is 11.6. The number of ether oxygens (including phenoxy) is 1. The number of likely N-dealkylation sites (tertiary alicyclic amines) is 1. The number of pyridine rings is 1. The average molecular weight is 278 g/mol. The molecule has 6 heteroatoms. The van der Waals surface area contributed by atoms with Crippen LogP contribution in [0.3, 0.4) is 0 Å². The van der Waals surface area contributed by atoms with E-state index in [9.17, 15) is 9.59 Å². The molecule has 0 aliphatic carbocycles. The van der Waals surface area contributed by atoms with Crippen molar-refractivity contribution in [3.05, 3.63) is 24.5 Å². The van der Waals surface area contributed by atoms with Crippen molar-refractivity contribution in [2.24, 2.45) is 5.41 Å². The highest BCUT2D eigenvalue weighted by molar-refractivity contribution is 5.83. The molecule has 1 fully saturated rings. The minimum Gasteiger partial charge on any atom is -0.481 e. The fourth-order valence-electron chi connectivity index (χ4n) is 2.25. The van der Waals surface area contributed by atoms with Crippen LogP contribution in [0.25, 0.3) is 0 Å². The van der Waals surface area contributed by atoms with Gasteiger partial charge in [-0.05, 0) is 32.4 Å². The van der Waals surface area contributed by atoms with Crippen molar-refractivity contribution in [2.45, 2.75) is 26.4 Å². The lowest BCUT2D eigenvalue weighted by molar-refractivity contribution is -0.147. The van der Waals surface area contributed by atoms with E-state index in [0.29, 0.717) is 18.7 Å². The quantitative estimate of drug-likeness (QED) is 0.894. The topological polar surface area (TPSA) is 79.7 Å². The summed E-state index contributed by atoms with van der Waals surface area (Å²) < 4.78 is 5.52. The number of nitrogens with zero attached hydrogens (tertiary/aromatic N) is 2. The summed E-state index contributed by atoms with van der Waals surface area (Å²) in [6, 6.07) is 3.45. The van der Waals surface area contributed by atoms with Crippen LogP contribution >= 0.6 is 0 Å². The van der Waals surface area contributed by atoms with Crippen LogP contribution in [0.2, 0.25) is 0 Å². The van der Waals surface area contributed by atoms with Gasteiger partial charge in [0.15, 0.2) is 6.10 Å². The van der Waals surface area contributed by atoms with Gasteiger partial charge in [0.2, 0.25) is 0 Å². The van der Waals surface area contributed by atoms with Gasteiger partial charge in [-0.1, -0.05) is 0 Å².